The van der Waals surface area contributed by atoms with Gasteiger partial charge in [0.15, 0.2) is 11.6 Å². The van der Waals surface area contributed by atoms with E-state index in [1.807, 2.05) is 19.9 Å². The smallest absolute Gasteiger partial charge is 0.259 e. The van der Waals surface area contributed by atoms with E-state index in [0.717, 1.165) is 48.7 Å². The number of piperidine rings is 1. The standard InChI is InChI=1S/C29H32FN5O3S/c1-16(2)38-22-14-18(17-10-12-35(3)13-11-17)8-9-21(22)33-29-32-15-23-25(34-29)24(27(39-23)28(31)36)19-6-5-7-20(30)26(19)37-4/h5-9,14-17H,10-13H2,1-4H3,(H2,31,36)(H,32,33,34). The number of primary amides is 1. The maximum absolute atomic E-state index is 14.6. The molecular formula is C29H32FN5O3S. The summed E-state index contributed by atoms with van der Waals surface area (Å²) in [4.78, 5) is 24.2. The van der Waals surface area contributed by atoms with Crippen molar-refractivity contribution in [3.8, 4) is 22.6 Å². The molecule has 4 aromatic rings. The molecule has 3 N–H and O–H groups in total. The first-order valence-corrected chi connectivity index (χ1v) is 13.7. The van der Waals surface area contributed by atoms with Crippen LogP contribution in [0.1, 0.15) is 47.8 Å². The number of methoxy groups -OCH3 is 1. The number of halogens is 1. The minimum Gasteiger partial charge on any atom is -0.493 e. The van der Waals surface area contributed by atoms with Gasteiger partial charge in [-0.25, -0.2) is 14.4 Å². The van der Waals surface area contributed by atoms with E-state index in [1.165, 1.54) is 18.7 Å². The Balaban J connectivity index is 1.55. The summed E-state index contributed by atoms with van der Waals surface area (Å²) in [6, 6.07) is 10.8. The number of thiophene rings is 1. The maximum Gasteiger partial charge on any atom is 0.259 e. The van der Waals surface area contributed by atoms with Crippen molar-refractivity contribution in [2.75, 3.05) is 32.6 Å². The molecule has 0 atom stereocenters. The predicted octanol–water partition coefficient (Wildman–Crippen LogP) is 5.94. The van der Waals surface area contributed by atoms with Gasteiger partial charge in [-0.2, -0.15) is 0 Å². The summed E-state index contributed by atoms with van der Waals surface area (Å²) in [5, 5.41) is 3.29. The van der Waals surface area contributed by atoms with E-state index in [2.05, 4.69) is 34.4 Å². The van der Waals surface area contributed by atoms with Gasteiger partial charge < -0.3 is 25.4 Å². The van der Waals surface area contributed by atoms with Gasteiger partial charge in [0.1, 0.15) is 10.6 Å². The van der Waals surface area contributed by atoms with Crippen LogP contribution < -0.4 is 20.5 Å². The number of fused-ring (bicyclic) bond motifs is 1. The third kappa shape index (κ3) is 5.53. The van der Waals surface area contributed by atoms with Gasteiger partial charge in [-0.1, -0.05) is 18.2 Å². The van der Waals surface area contributed by atoms with Gasteiger partial charge in [-0.05, 0) is 76.5 Å². The molecule has 0 bridgehead atoms. The number of amides is 1. The van der Waals surface area contributed by atoms with E-state index in [-0.39, 0.29) is 16.7 Å². The van der Waals surface area contributed by atoms with Crippen LogP contribution in [0.25, 0.3) is 21.3 Å². The van der Waals surface area contributed by atoms with Gasteiger partial charge in [0, 0.05) is 11.1 Å². The number of anilines is 2. The zero-order chi connectivity index (χ0) is 27.7. The molecule has 39 heavy (non-hydrogen) atoms. The van der Waals surface area contributed by atoms with Crippen molar-refractivity contribution in [1.29, 1.82) is 0 Å². The number of carbonyl (C=O) groups excluding carboxylic acids is 1. The fourth-order valence-electron chi connectivity index (χ4n) is 5.00. The molecule has 1 amide bonds. The van der Waals surface area contributed by atoms with Crippen LogP contribution in [0.3, 0.4) is 0 Å². The molecule has 204 valence electrons. The molecule has 5 rings (SSSR count). The highest BCUT2D eigenvalue weighted by Crippen LogP contribution is 2.43. The lowest BCUT2D eigenvalue weighted by atomic mass is 9.89. The number of hydrogen-bond donors (Lipinski definition) is 2. The molecule has 8 nitrogen and oxygen atoms in total. The lowest BCUT2D eigenvalue weighted by Crippen LogP contribution is -2.29. The summed E-state index contributed by atoms with van der Waals surface area (Å²) >= 11 is 1.16. The number of nitrogens with two attached hydrogens (primary N) is 1. The van der Waals surface area contributed by atoms with E-state index in [0.29, 0.717) is 33.2 Å². The van der Waals surface area contributed by atoms with E-state index in [4.69, 9.17) is 20.2 Å². The monoisotopic (exact) mass is 549 g/mol. The molecule has 0 aliphatic carbocycles. The first-order valence-electron chi connectivity index (χ1n) is 12.9. The number of likely N-dealkylation sites (tertiary alicyclic amines) is 1. The van der Waals surface area contributed by atoms with Gasteiger partial charge >= 0.3 is 0 Å². The molecule has 0 unspecified atom stereocenters. The van der Waals surface area contributed by atoms with Crippen LogP contribution in [-0.4, -0.2) is 54.1 Å². The van der Waals surface area contributed by atoms with Crippen molar-refractivity contribution in [3.05, 3.63) is 58.9 Å². The second-order valence-corrected chi connectivity index (χ2v) is 11.1. The number of rotatable bonds is 8. The average molecular weight is 550 g/mol. The van der Waals surface area contributed by atoms with Crippen molar-refractivity contribution >= 4 is 39.1 Å². The van der Waals surface area contributed by atoms with Gasteiger partial charge in [-0.3, -0.25) is 4.79 Å². The van der Waals surface area contributed by atoms with Gasteiger partial charge in [0.2, 0.25) is 5.95 Å². The highest BCUT2D eigenvalue weighted by molar-refractivity contribution is 7.21. The predicted molar refractivity (Wildman–Crippen MR) is 153 cm³/mol. The van der Waals surface area contributed by atoms with Crippen molar-refractivity contribution in [1.82, 2.24) is 14.9 Å². The molecular weight excluding hydrogens is 517 g/mol. The normalized spacial score (nSPS) is 14.6. The van der Waals surface area contributed by atoms with Crippen LogP contribution >= 0.6 is 11.3 Å². The lowest BCUT2D eigenvalue weighted by molar-refractivity contribution is 0.100. The molecule has 0 spiro atoms. The third-order valence-electron chi connectivity index (χ3n) is 6.90. The van der Waals surface area contributed by atoms with Crippen LogP contribution in [0.4, 0.5) is 16.0 Å². The summed E-state index contributed by atoms with van der Waals surface area (Å²) in [7, 11) is 3.54. The van der Waals surface area contributed by atoms with E-state index in [9.17, 15) is 9.18 Å². The largest absolute Gasteiger partial charge is 0.493 e. The van der Waals surface area contributed by atoms with Crippen LogP contribution in [0.2, 0.25) is 0 Å². The zero-order valence-electron chi connectivity index (χ0n) is 22.5. The Morgan fingerprint density at radius 2 is 2.00 bits per heavy atom. The summed E-state index contributed by atoms with van der Waals surface area (Å²) in [5.74, 6) is 0.362. The SMILES string of the molecule is COc1c(F)cccc1-c1c(C(N)=O)sc2cnc(Nc3ccc(C4CCN(C)CC4)cc3OC(C)C)nc12. The summed E-state index contributed by atoms with van der Waals surface area (Å²) in [6.45, 7) is 6.13. The Bertz CT molecular complexity index is 1510. The van der Waals surface area contributed by atoms with Crippen molar-refractivity contribution in [2.24, 2.45) is 5.73 Å². The number of para-hydroxylation sites is 1. The van der Waals surface area contributed by atoms with Crippen LogP contribution in [0, 0.1) is 5.82 Å². The lowest BCUT2D eigenvalue weighted by Gasteiger charge is -2.29. The number of aromatic nitrogens is 2. The summed E-state index contributed by atoms with van der Waals surface area (Å²) in [6.07, 6.45) is 3.82. The van der Waals surface area contributed by atoms with Crippen molar-refractivity contribution in [3.63, 3.8) is 0 Å². The quantitative estimate of drug-likeness (QED) is 0.280. The molecule has 1 fully saturated rings. The first-order chi connectivity index (χ1) is 18.7. The second-order valence-electron chi connectivity index (χ2n) is 10.0. The molecule has 1 aliphatic rings. The topological polar surface area (TPSA) is 103 Å². The molecule has 10 heteroatoms. The Hall–Kier alpha value is -3.76. The van der Waals surface area contributed by atoms with E-state index < -0.39 is 11.7 Å². The fraction of sp³-hybridized carbons (Fsp3) is 0.345. The van der Waals surface area contributed by atoms with Crippen LogP contribution in [0.15, 0.2) is 42.6 Å². The molecule has 2 aromatic heterocycles. The number of carbonyl (C=O) groups is 1. The van der Waals surface area contributed by atoms with E-state index in [1.54, 1.807) is 18.3 Å². The number of ether oxygens (including phenoxy) is 2. The highest BCUT2D eigenvalue weighted by Gasteiger charge is 2.25. The first kappa shape index (κ1) is 26.8. The van der Waals surface area contributed by atoms with E-state index >= 15 is 0 Å². The Labute approximate surface area is 231 Å². The molecule has 1 aliphatic heterocycles. The fourth-order valence-corrected chi connectivity index (χ4v) is 5.98. The molecule has 2 aromatic carbocycles. The maximum atomic E-state index is 14.6. The van der Waals surface area contributed by atoms with Gasteiger partial charge in [0.05, 0.1) is 35.3 Å². The molecule has 3 heterocycles. The van der Waals surface area contributed by atoms with Crippen LogP contribution in [0.5, 0.6) is 11.5 Å². The summed E-state index contributed by atoms with van der Waals surface area (Å²) < 4.78 is 26.7. The van der Waals surface area contributed by atoms with Gasteiger partial charge in [-0.15, -0.1) is 11.3 Å². The minimum atomic E-state index is -0.633. The second kappa shape index (κ2) is 11.2. The van der Waals surface area contributed by atoms with Crippen molar-refractivity contribution in [2.45, 2.75) is 38.7 Å². The van der Waals surface area contributed by atoms with Crippen LogP contribution in [-0.2, 0) is 0 Å². The number of hydrogen-bond acceptors (Lipinski definition) is 8. The Kier molecular flexibility index (Phi) is 7.67. The molecule has 0 radical (unpaired) electrons. The summed E-state index contributed by atoms with van der Waals surface area (Å²) in [5.41, 5.74) is 8.99. The molecule has 1 saturated heterocycles. The average Bonchev–Trinajstić information content (AvgIpc) is 3.29. The Morgan fingerprint density at radius 1 is 1.23 bits per heavy atom. The highest BCUT2D eigenvalue weighted by atomic mass is 32.1. The van der Waals surface area contributed by atoms with Crippen molar-refractivity contribution < 1.29 is 18.7 Å². The number of benzene rings is 2. The molecule has 0 saturated carbocycles. The zero-order valence-corrected chi connectivity index (χ0v) is 23.3. The number of nitrogens with zero attached hydrogens (tertiary/aromatic N) is 3. The Morgan fingerprint density at radius 3 is 2.69 bits per heavy atom. The minimum absolute atomic E-state index is 0.0185. The number of nitrogens with one attached hydrogen (secondary N) is 1. The van der Waals surface area contributed by atoms with Gasteiger partial charge in [0.25, 0.3) is 5.91 Å². The third-order valence-corrected chi connectivity index (χ3v) is 8.03.